The van der Waals surface area contributed by atoms with Crippen LogP contribution in [0.3, 0.4) is 0 Å². The van der Waals surface area contributed by atoms with Gasteiger partial charge in [-0.25, -0.2) is 16.8 Å². The van der Waals surface area contributed by atoms with E-state index >= 15 is 0 Å². The molecule has 8 nitrogen and oxygen atoms in total. The Hall–Kier alpha value is -1.14. The van der Waals surface area contributed by atoms with Crippen LogP contribution >= 0.6 is 0 Å². The molecule has 142 valence electrons. The minimum Gasteiger partial charge on any atom is -0.423 e. The van der Waals surface area contributed by atoms with E-state index in [0.717, 1.165) is 12.5 Å². The van der Waals surface area contributed by atoms with Crippen molar-refractivity contribution in [1.29, 1.82) is 0 Å². The van der Waals surface area contributed by atoms with Crippen LogP contribution in [0, 0.1) is 0 Å². The SMILES string of the molecule is CC(C)(O)C(C)(C)OB(O)c1ccc(N(S(C)(=O)=O)S(C)(=O)=O)cc1. The average Bonchev–Trinajstić information content (AvgIpc) is 2.33. The van der Waals surface area contributed by atoms with Crippen molar-refractivity contribution in [2.24, 2.45) is 0 Å². The molecule has 0 atom stereocenters. The van der Waals surface area contributed by atoms with E-state index in [9.17, 15) is 27.0 Å². The number of anilines is 1. The Morgan fingerprint density at radius 3 is 1.68 bits per heavy atom. The first kappa shape index (κ1) is 21.9. The highest BCUT2D eigenvalue weighted by Gasteiger charge is 2.39. The second-order valence-electron chi connectivity index (χ2n) is 6.85. The summed E-state index contributed by atoms with van der Waals surface area (Å²) in [6, 6.07) is 5.20. The van der Waals surface area contributed by atoms with Gasteiger partial charge in [0.1, 0.15) is 0 Å². The summed E-state index contributed by atoms with van der Waals surface area (Å²) in [5.41, 5.74) is -2.10. The molecule has 0 radical (unpaired) electrons. The summed E-state index contributed by atoms with van der Waals surface area (Å²) in [5.74, 6) is 0. The molecule has 11 heteroatoms. The van der Waals surface area contributed by atoms with Gasteiger partial charge in [-0.15, -0.1) is 0 Å². The monoisotopic (exact) mass is 393 g/mol. The molecular weight excluding hydrogens is 369 g/mol. The fourth-order valence-corrected chi connectivity index (χ4v) is 4.86. The van der Waals surface area contributed by atoms with Crippen molar-refractivity contribution >= 4 is 38.3 Å². The number of hydrogen-bond donors (Lipinski definition) is 2. The minimum atomic E-state index is -4.04. The number of benzene rings is 1. The van der Waals surface area contributed by atoms with Gasteiger partial charge < -0.3 is 14.8 Å². The summed E-state index contributed by atoms with van der Waals surface area (Å²) >= 11 is 0. The van der Waals surface area contributed by atoms with Crippen LogP contribution in [0.5, 0.6) is 0 Å². The molecule has 0 amide bonds. The molecule has 0 aromatic heterocycles. The lowest BCUT2D eigenvalue weighted by Gasteiger charge is -2.38. The Labute approximate surface area is 149 Å². The molecule has 0 unspecified atom stereocenters. The fraction of sp³-hybridized carbons (Fsp3) is 0.571. The van der Waals surface area contributed by atoms with Crippen molar-refractivity contribution in [1.82, 2.24) is 0 Å². The predicted molar refractivity (Wildman–Crippen MR) is 97.7 cm³/mol. The standard InChI is InChI=1S/C14H24BNO7S2/c1-13(2,17)14(3,4)23-15(18)11-7-9-12(10-8-11)16(24(5,19)20)25(6,21)22/h7-10,17-18H,1-6H3. The van der Waals surface area contributed by atoms with Gasteiger partial charge in [0.25, 0.3) is 0 Å². The van der Waals surface area contributed by atoms with Gasteiger partial charge in [-0.3, -0.25) is 0 Å². The van der Waals surface area contributed by atoms with Gasteiger partial charge >= 0.3 is 7.12 Å². The van der Waals surface area contributed by atoms with Gasteiger partial charge in [0, 0.05) is 0 Å². The first-order valence-electron chi connectivity index (χ1n) is 7.35. The topological polar surface area (TPSA) is 121 Å². The molecule has 0 aliphatic heterocycles. The van der Waals surface area contributed by atoms with Crippen LogP contribution in [0.4, 0.5) is 5.69 Å². The molecule has 0 saturated carbocycles. The van der Waals surface area contributed by atoms with Crippen molar-refractivity contribution < 1.29 is 31.6 Å². The van der Waals surface area contributed by atoms with E-state index in [2.05, 4.69) is 0 Å². The van der Waals surface area contributed by atoms with Gasteiger partial charge in [0.2, 0.25) is 20.0 Å². The molecule has 2 N–H and O–H groups in total. The van der Waals surface area contributed by atoms with Gasteiger partial charge in [-0.05, 0) is 45.3 Å². The van der Waals surface area contributed by atoms with Gasteiger partial charge in [0.15, 0.2) is 0 Å². The van der Waals surface area contributed by atoms with Crippen molar-refractivity contribution in [3.63, 3.8) is 0 Å². The number of hydrogen-bond acceptors (Lipinski definition) is 7. The summed E-state index contributed by atoms with van der Waals surface area (Å²) < 4.78 is 52.7. The predicted octanol–water partition coefficient (Wildman–Crippen LogP) is -0.334. The average molecular weight is 393 g/mol. The highest BCUT2D eigenvalue weighted by molar-refractivity contribution is 8.09. The van der Waals surface area contributed by atoms with Crippen molar-refractivity contribution in [2.75, 3.05) is 16.2 Å². The van der Waals surface area contributed by atoms with Crippen LogP contribution < -0.4 is 9.17 Å². The van der Waals surface area contributed by atoms with Crippen LogP contribution in [0.25, 0.3) is 0 Å². The normalized spacial score (nSPS) is 13.6. The molecular formula is C14H24BNO7S2. The summed E-state index contributed by atoms with van der Waals surface area (Å²) in [5, 5.41) is 20.2. The lowest BCUT2D eigenvalue weighted by molar-refractivity contribution is -0.0982. The Morgan fingerprint density at radius 1 is 0.960 bits per heavy atom. The van der Waals surface area contributed by atoms with E-state index in [1.807, 2.05) is 0 Å². The van der Waals surface area contributed by atoms with Crippen LogP contribution in [0.15, 0.2) is 24.3 Å². The quantitative estimate of drug-likeness (QED) is 0.608. The molecule has 0 fully saturated rings. The van der Waals surface area contributed by atoms with Crippen LogP contribution in [-0.2, 0) is 24.7 Å². The van der Waals surface area contributed by atoms with E-state index in [1.165, 1.54) is 24.3 Å². The van der Waals surface area contributed by atoms with Crippen LogP contribution in [-0.4, -0.2) is 57.8 Å². The van der Waals surface area contributed by atoms with E-state index < -0.39 is 38.4 Å². The molecule has 0 saturated heterocycles. The van der Waals surface area contributed by atoms with Gasteiger partial charge in [-0.2, -0.15) is 3.71 Å². The summed E-state index contributed by atoms with van der Waals surface area (Å²) in [6.07, 6.45) is 1.57. The van der Waals surface area contributed by atoms with Crippen molar-refractivity contribution in [3.8, 4) is 0 Å². The number of aliphatic hydroxyl groups is 1. The maximum absolute atomic E-state index is 11.7. The zero-order chi connectivity index (χ0) is 19.8. The maximum Gasteiger partial charge on any atom is 0.491 e. The van der Waals surface area contributed by atoms with E-state index in [1.54, 1.807) is 27.7 Å². The minimum absolute atomic E-state index is 0.0808. The highest BCUT2D eigenvalue weighted by atomic mass is 32.3. The van der Waals surface area contributed by atoms with Crippen LogP contribution in [0.2, 0.25) is 0 Å². The molecule has 25 heavy (non-hydrogen) atoms. The first-order chi connectivity index (χ1) is 11.0. The van der Waals surface area contributed by atoms with E-state index in [0.29, 0.717) is 3.71 Å². The second-order valence-corrected chi connectivity index (χ2v) is 10.7. The number of nitrogens with zero attached hydrogens (tertiary/aromatic N) is 1. The molecule has 1 rings (SSSR count). The molecule has 0 spiro atoms. The highest BCUT2D eigenvalue weighted by Crippen LogP contribution is 2.25. The zero-order valence-corrected chi connectivity index (χ0v) is 16.7. The Morgan fingerprint density at radius 2 is 1.36 bits per heavy atom. The molecule has 1 aromatic carbocycles. The molecule has 0 heterocycles. The molecule has 0 bridgehead atoms. The van der Waals surface area contributed by atoms with Gasteiger partial charge in [-0.1, -0.05) is 12.1 Å². The lowest BCUT2D eigenvalue weighted by atomic mass is 9.76. The lowest BCUT2D eigenvalue weighted by Crippen LogP contribution is -2.53. The first-order valence-corrected chi connectivity index (χ1v) is 11.1. The van der Waals surface area contributed by atoms with Crippen molar-refractivity contribution in [3.05, 3.63) is 24.3 Å². The molecule has 0 aliphatic rings. The fourth-order valence-electron chi connectivity index (χ4n) is 1.88. The Balaban J connectivity index is 3.15. The largest absolute Gasteiger partial charge is 0.491 e. The smallest absolute Gasteiger partial charge is 0.423 e. The molecule has 0 aliphatic carbocycles. The third kappa shape index (κ3) is 5.42. The number of sulfonamides is 2. The van der Waals surface area contributed by atoms with E-state index in [4.69, 9.17) is 4.65 Å². The van der Waals surface area contributed by atoms with Crippen molar-refractivity contribution in [2.45, 2.75) is 38.9 Å². The summed E-state index contributed by atoms with van der Waals surface area (Å²) in [4.78, 5) is 0. The number of rotatable bonds is 7. The summed E-state index contributed by atoms with van der Waals surface area (Å²) in [6.45, 7) is 6.30. The summed E-state index contributed by atoms with van der Waals surface area (Å²) in [7, 11) is -9.47. The van der Waals surface area contributed by atoms with Crippen LogP contribution in [0.1, 0.15) is 27.7 Å². The maximum atomic E-state index is 11.7. The Bertz CT molecular complexity index is 780. The molecule has 1 aromatic rings. The Kier molecular flexibility index (Phi) is 6.03. The third-order valence-electron chi connectivity index (χ3n) is 3.87. The second kappa shape index (κ2) is 6.88. The third-order valence-corrected chi connectivity index (χ3v) is 7.12. The zero-order valence-electron chi connectivity index (χ0n) is 15.1. The van der Waals surface area contributed by atoms with Gasteiger partial charge in [0.05, 0.1) is 29.4 Å². The van der Waals surface area contributed by atoms with E-state index in [-0.39, 0.29) is 11.2 Å².